The van der Waals surface area contributed by atoms with Crippen LogP contribution in [0.1, 0.15) is 24.5 Å². The van der Waals surface area contributed by atoms with Gasteiger partial charge in [0.05, 0.1) is 0 Å². The van der Waals surface area contributed by atoms with E-state index in [0.29, 0.717) is 12.0 Å². The molecule has 1 heterocycles. The minimum absolute atomic E-state index is 0.213. The second-order valence-electron chi connectivity index (χ2n) is 4.13. The summed E-state index contributed by atoms with van der Waals surface area (Å²) in [5, 5.41) is 10.8. The Morgan fingerprint density at radius 1 is 1.22 bits per heavy atom. The summed E-state index contributed by atoms with van der Waals surface area (Å²) in [7, 11) is 0. The molecule has 0 radical (unpaired) electrons. The number of hydrogen-bond donors (Lipinski definition) is 2. The second kappa shape index (κ2) is 4.74. The molecule has 1 aromatic heterocycles. The number of aromatic nitrogens is 1. The van der Waals surface area contributed by atoms with Crippen molar-refractivity contribution < 1.29 is 9.50 Å². The molecule has 1 atom stereocenters. The lowest BCUT2D eigenvalue weighted by atomic mass is 9.84. The van der Waals surface area contributed by atoms with Gasteiger partial charge >= 0.3 is 0 Å². The molecular weight excluding hydrogens is 231 g/mol. The highest BCUT2D eigenvalue weighted by Gasteiger charge is 2.34. The predicted molar refractivity (Wildman–Crippen MR) is 68.3 cm³/mol. The second-order valence-corrected chi connectivity index (χ2v) is 4.13. The molecule has 3 N–H and O–H groups in total. The summed E-state index contributed by atoms with van der Waals surface area (Å²) >= 11 is 0. The zero-order valence-corrected chi connectivity index (χ0v) is 10.1. The average Bonchev–Trinajstić information content (AvgIpc) is 2.39. The van der Waals surface area contributed by atoms with Crippen molar-refractivity contribution in [1.29, 1.82) is 0 Å². The van der Waals surface area contributed by atoms with Gasteiger partial charge < -0.3 is 10.8 Å². The van der Waals surface area contributed by atoms with Crippen molar-refractivity contribution in [3.8, 4) is 0 Å². The lowest BCUT2D eigenvalue weighted by molar-refractivity contribution is 0.0730. The maximum Gasteiger partial charge on any atom is 0.129 e. The number of rotatable bonds is 3. The average molecular weight is 246 g/mol. The van der Waals surface area contributed by atoms with Gasteiger partial charge in [0, 0.05) is 17.3 Å². The van der Waals surface area contributed by atoms with Gasteiger partial charge in [-0.3, -0.25) is 0 Å². The van der Waals surface area contributed by atoms with E-state index in [4.69, 9.17) is 5.73 Å². The summed E-state index contributed by atoms with van der Waals surface area (Å²) in [6, 6.07) is 9.49. The van der Waals surface area contributed by atoms with Crippen molar-refractivity contribution in [3.63, 3.8) is 0 Å². The molecule has 2 aromatic rings. The molecule has 18 heavy (non-hydrogen) atoms. The fourth-order valence-electron chi connectivity index (χ4n) is 2.09. The summed E-state index contributed by atoms with van der Waals surface area (Å²) in [5.41, 5.74) is 4.96. The van der Waals surface area contributed by atoms with Crippen molar-refractivity contribution in [2.24, 2.45) is 0 Å². The molecule has 0 fully saturated rings. The van der Waals surface area contributed by atoms with Crippen molar-refractivity contribution in [3.05, 3.63) is 59.5 Å². The highest BCUT2D eigenvalue weighted by atomic mass is 19.1. The fraction of sp³-hybridized carbons (Fsp3) is 0.214. The molecule has 3 nitrogen and oxygen atoms in total. The molecule has 0 saturated heterocycles. The van der Waals surface area contributed by atoms with Crippen LogP contribution in [0.5, 0.6) is 0 Å². The monoisotopic (exact) mass is 246 g/mol. The van der Waals surface area contributed by atoms with Crippen LogP contribution in [-0.2, 0) is 5.60 Å². The Kier molecular flexibility index (Phi) is 3.30. The van der Waals surface area contributed by atoms with Crippen LogP contribution in [-0.4, -0.2) is 10.1 Å². The molecule has 4 heteroatoms. The summed E-state index contributed by atoms with van der Waals surface area (Å²) in [6.07, 6.45) is 1.85. The predicted octanol–water partition coefficient (Wildman–Crippen LogP) is 2.45. The number of hydrogen-bond acceptors (Lipinski definition) is 3. The number of nitrogen functional groups attached to an aromatic ring is 1. The highest BCUT2D eigenvalue weighted by molar-refractivity contribution is 5.48. The van der Waals surface area contributed by atoms with E-state index in [-0.39, 0.29) is 11.4 Å². The van der Waals surface area contributed by atoms with Crippen molar-refractivity contribution in [2.45, 2.75) is 18.9 Å². The molecule has 0 saturated carbocycles. The maximum atomic E-state index is 13.9. The molecule has 94 valence electrons. The standard InChI is InChI=1S/C14H15FN2O/c1-2-14(18,10-6-3-4-8-12(10)15)11-7-5-9-17-13(11)16/h3-9,18H,2H2,1H3,(H2,16,17). The van der Waals surface area contributed by atoms with Crippen LogP contribution in [0.4, 0.5) is 10.2 Å². The Bertz CT molecular complexity index is 511. The van der Waals surface area contributed by atoms with Crippen LogP contribution in [0.25, 0.3) is 0 Å². The first-order chi connectivity index (χ1) is 8.59. The molecule has 0 aliphatic heterocycles. The van der Waals surface area contributed by atoms with Gasteiger partial charge in [0.25, 0.3) is 0 Å². The molecule has 0 aliphatic carbocycles. The van der Waals surface area contributed by atoms with Crippen LogP contribution in [0.15, 0.2) is 42.6 Å². The number of anilines is 1. The van der Waals surface area contributed by atoms with Crippen LogP contribution in [0, 0.1) is 5.82 Å². The quantitative estimate of drug-likeness (QED) is 0.874. The first-order valence-electron chi connectivity index (χ1n) is 5.78. The van der Waals surface area contributed by atoms with Gasteiger partial charge in [-0.05, 0) is 18.6 Å². The number of halogens is 1. The number of aliphatic hydroxyl groups is 1. The van der Waals surface area contributed by atoms with Gasteiger partial charge in [-0.1, -0.05) is 31.2 Å². The van der Waals surface area contributed by atoms with Gasteiger partial charge in [0.2, 0.25) is 0 Å². The number of benzene rings is 1. The van der Waals surface area contributed by atoms with E-state index < -0.39 is 11.4 Å². The van der Waals surface area contributed by atoms with E-state index in [9.17, 15) is 9.50 Å². The van der Waals surface area contributed by atoms with E-state index >= 15 is 0 Å². The van der Waals surface area contributed by atoms with Gasteiger partial charge in [-0.25, -0.2) is 9.37 Å². The summed E-state index contributed by atoms with van der Waals surface area (Å²) in [6.45, 7) is 1.78. The van der Waals surface area contributed by atoms with Crippen molar-refractivity contribution in [2.75, 3.05) is 5.73 Å². The summed E-state index contributed by atoms with van der Waals surface area (Å²) < 4.78 is 13.9. The molecule has 0 aliphatic rings. The van der Waals surface area contributed by atoms with Gasteiger partial charge in [0.1, 0.15) is 17.2 Å². The van der Waals surface area contributed by atoms with E-state index in [1.807, 2.05) is 0 Å². The SMILES string of the molecule is CCC(O)(c1ccccc1F)c1cccnc1N. The summed E-state index contributed by atoms with van der Waals surface area (Å²) in [4.78, 5) is 3.94. The minimum atomic E-state index is -1.45. The first-order valence-corrected chi connectivity index (χ1v) is 5.78. The third-order valence-corrected chi connectivity index (χ3v) is 3.12. The van der Waals surface area contributed by atoms with Gasteiger partial charge in [-0.2, -0.15) is 0 Å². The molecule has 1 aromatic carbocycles. The third-order valence-electron chi connectivity index (χ3n) is 3.12. The largest absolute Gasteiger partial charge is 0.383 e. The van der Waals surface area contributed by atoms with Gasteiger partial charge in [0.15, 0.2) is 0 Å². The zero-order chi connectivity index (χ0) is 13.2. The topological polar surface area (TPSA) is 59.1 Å². The first kappa shape index (κ1) is 12.5. The van der Waals surface area contributed by atoms with E-state index in [2.05, 4.69) is 4.98 Å². The molecule has 0 spiro atoms. The Morgan fingerprint density at radius 2 is 1.89 bits per heavy atom. The minimum Gasteiger partial charge on any atom is -0.383 e. The van der Waals surface area contributed by atoms with Crippen LogP contribution in [0.3, 0.4) is 0 Å². The molecule has 1 unspecified atom stereocenters. The van der Waals surface area contributed by atoms with Crippen molar-refractivity contribution >= 4 is 5.82 Å². The lowest BCUT2D eigenvalue weighted by Crippen LogP contribution is -2.29. The normalized spacial score (nSPS) is 14.2. The van der Waals surface area contributed by atoms with E-state index in [1.54, 1.807) is 37.3 Å². The number of nitrogens with two attached hydrogens (primary N) is 1. The Hall–Kier alpha value is -1.94. The number of pyridine rings is 1. The lowest BCUT2D eigenvalue weighted by Gasteiger charge is -2.28. The third kappa shape index (κ3) is 1.95. The Morgan fingerprint density at radius 3 is 2.50 bits per heavy atom. The molecular formula is C14H15FN2O. The highest BCUT2D eigenvalue weighted by Crippen LogP contribution is 2.36. The Labute approximate surface area is 105 Å². The van der Waals surface area contributed by atoms with Crippen LogP contribution in [0.2, 0.25) is 0 Å². The van der Waals surface area contributed by atoms with Gasteiger partial charge in [-0.15, -0.1) is 0 Å². The van der Waals surface area contributed by atoms with Crippen LogP contribution < -0.4 is 5.73 Å². The fourth-order valence-corrected chi connectivity index (χ4v) is 2.09. The Balaban J connectivity index is 2.63. The maximum absolute atomic E-state index is 13.9. The zero-order valence-electron chi connectivity index (χ0n) is 10.1. The van der Waals surface area contributed by atoms with E-state index in [0.717, 1.165) is 0 Å². The van der Waals surface area contributed by atoms with Crippen molar-refractivity contribution in [1.82, 2.24) is 4.98 Å². The number of nitrogens with zero attached hydrogens (tertiary/aromatic N) is 1. The molecule has 2 rings (SSSR count). The smallest absolute Gasteiger partial charge is 0.129 e. The molecule has 0 bridgehead atoms. The van der Waals surface area contributed by atoms with E-state index in [1.165, 1.54) is 12.3 Å². The summed E-state index contributed by atoms with van der Waals surface area (Å²) in [5.74, 6) is -0.241. The van der Waals surface area contributed by atoms with Crippen LogP contribution >= 0.6 is 0 Å². The molecule has 0 amide bonds.